The lowest BCUT2D eigenvalue weighted by Gasteiger charge is -2.16. The maximum Gasteiger partial charge on any atom is 0.191 e. The molecule has 1 aromatic carbocycles. The molecule has 20 heavy (non-hydrogen) atoms. The van der Waals surface area contributed by atoms with Gasteiger partial charge in [-0.3, -0.25) is 4.99 Å². The van der Waals surface area contributed by atoms with Crippen LogP contribution in [-0.2, 0) is 0 Å². The number of guanidine groups is 1. The van der Waals surface area contributed by atoms with E-state index in [9.17, 15) is 0 Å². The number of rotatable bonds is 5. The maximum atomic E-state index is 5.82. The summed E-state index contributed by atoms with van der Waals surface area (Å²) in [6, 6.07) is 6.54. The number of hydrogen-bond acceptors (Lipinski definition) is 2. The summed E-state index contributed by atoms with van der Waals surface area (Å²) in [5.41, 5.74) is 2.34. The van der Waals surface area contributed by atoms with Gasteiger partial charge in [-0.2, -0.15) is 0 Å². The minimum atomic E-state index is 0. The molecule has 0 aromatic heterocycles. The van der Waals surface area contributed by atoms with E-state index in [1.54, 1.807) is 7.05 Å². The zero-order chi connectivity index (χ0) is 14.3. The van der Waals surface area contributed by atoms with E-state index in [1.165, 1.54) is 11.1 Å². The molecule has 0 aliphatic heterocycles. The fraction of sp³-hybridized carbons (Fsp3) is 0.533. The van der Waals surface area contributed by atoms with Gasteiger partial charge in [-0.1, -0.05) is 18.2 Å². The third-order valence-electron chi connectivity index (χ3n) is 2.70. The fourth-order valence-corrected chi connectivity index (χ4v) is 1.82. The summed E-state index contributed by atoms with van der Waals surface area (Å²) >= 11 is 0. The van der Waals surface area contributed by atoms with E-state index in [4.69, 9.17) is 4.74 Å². The highest BCUT2D eigenvalue weighted by atomic mass is 127. The third-order valence-corrected chi connectivity index (χ3v) is 2.70. The molecule has 0 spiro atoms. The van der Waals surface area contributed by atoms with Crippen LogP contribution in [0.5, 0.6) is 5.75 Å². The minimum Gasteiger partial charge on any atom is -0.491 e. The van der Waals surface area contributed by atoms with Crippen molar-refractivity contribution in [3.8, 4) is 5.75 Å². The molecule has 0 radical (unpaired) electrons. The molecule has 0 aliphatic rings. The average molecular weight is 391 g/mol. The van der Waals surface area contributed by atoms with Gasteiger partial charge in [-0.15, -0.1) is 24.0 Å². The zero-order valence-electron chi connectivity index (χ0n) is 13.0. The molecule has 0 aliphatic carbocycles. The number of halogens is 1. The molecule has 0 unspecified atom stereocenters. The molecule has 0 saturated carbocycles. The molecule has 0 bridgehead atoms. The Kier molecular flexibility index (Phi) is 9.37. The van der Waals surface area contributed by atoms with Crippen molar-refractivity contribution in [3.05, 3.63) is 29.3 Å². The number of para-hydroxylation sites is 1. The summed E-state index contributed by atoms with van der Waals surface area (Å²) in [4.78, 5) is 4.15. The molecular formula is C15H26IN3O. The highest BCUT2D eigenvalue weighted by Gasteiger charge is 2.03. The second-order valence-corrected chi connectivity index (χ2v) is 4.87. The van der Waals surface area contributed by atoms with Crippen LogP contribution in [0.2, 0.25) is 0 Å². The first-order valence-corrected chi connectivity index (χ1v) is 6.70. The van der Waals surface area contributed by atoms with Crippen molar-refractivity contribution in [2.75, 3.05) is 20.2 Å². The monoisotopic (exact) mass is 391 g/mol. The van der Waals surface area contributed by atoms with Crippen molar-refractivity contribution in [3.63, 3.8) is 0 Å². The highest BCUT2D eigenvalue weighted by Crippen LogP contribution is 2.21. The van der Waals surface area contributed by atoms with Crippen molar-refractivity contribution < 1.29 is 4.74 Å². The number of aryl methyl sites for hydroxylation is 2. The van der Waals surface area contributed by atoms with Crippen molar-refractivity contribution in [1.29, 1.82) is 0 Å². The molecular weight excluding hydrogens is 365 g/mol. The summed E-state index contributed by atoms with van der Waals surface area (Å²) in [5.74, 6) is 1.79. The number of aliphatic imine (C=N–C) groups is 1. The van der Waals surface area contributed by atoms with E-state index in [-0.39, 0.29) is 24.0 Å². The lowest BCUT2D eigenvalue weighted by atomic mass is 10.1. The Labute approximate surface area is 139 Å². The molecule has 0 heterocycles. The SMILES string of the molecule is CN=C(NCCOc1c(C)cccc1C)NC(C)C.I. The van der Waals surface area contributed by atoms with E-state index >= 15 is 0 Å². The van der Waals surface area contributed by atoms with Crippen molar-refractivity contribution in [2.24, 2.45) is 4.99 Å². The number of nitrogens with one attached hydrogen (secondary N) is 2. The van der Waals surface area contributed by atoms with Crippen LogP contribution in [0.25, 0.3) is 0 Å². The third kappa shape index (κ3) is 6.45. The Morgan fingerprint density at radius 1 is 1.25 bits per heavy atom. The van der Waals surface area contributed by atoms with Crippen LogP contribution in [0.3, 0.4) is 0 Å². The van der Waals surface area contributed by atoms with Crippen LogP contribution >= 0.6 is 24.0 Å². The first-order valence-electron chi connectivity index (χ1n) is 6.70. The summed E-state index contributed by atoms with van der Waals surface area (Å²) in [5, 5.41) is 6.46. The molecule has 0 saturated heterocycles. The number of benzene rings is 1. The summed E-state index contributed by atoms with van der Waals surface area (Å²) in [6.07, 6.45) is 0. The van der Waals surface area contributed by atoms with Crippen molar-refractivity contribution >= 4 is 29.9 Å². The van der Waals surface area contributed by atoms with Crippen molar-refractivity contribution in [2.45, 2.75) is 33.7 Å². The Hall–Kier alpha value is -0.980. The first-order chi connectivity index (χ1) is 9.04. The summed E-state index contributed by atoms with van der Waals surface area (Å²) in [7, 11) is 1.77. The minimum absolute atomic E-state index is 0. The molecule has 114 valence electrons. The second-order valence-electron chi connectivity index (χ2n) is 4.87. The van der Waals surface area contributed by atoms with Gasteiger partial charge in [0.05, 0.1) is 6.54 Å². The van der Waals surface area contributed by atoms with Crippen LogP contribution < -0.4 is 15.4 Å². The predicted molar refractivity (Wildman–Crippen MR) is 96.5 cm³/mol. The lowest BCUT2D eigenvalue weighted by molar-refractivity contribution is 0.317. The number of ether oxygens (including phenoxy) is 1. The maximum absolute atomic E-state index is 5.82. The largest absolute Gasteiger partial charge is 0.491 e. The smallest absolute Gasteiger partial charge is 0.191 e. The Morgan fingerprint density at radius 2 is 1.85 bits per heavy atom. The van der Waals surface area contributed by atoms with Gasteiger partial charge in [-0.05, 0) is 38.8 Å². The summed E-state index contributed by atoms with van der Waals surface area (Å²) in [6.45, 7) is 9.63. The zero-order valence-corrected chi connectivity index (χ0v) is 15.3. The van der Waals surface area contributed by atoms with E-state index in [0.29, 0.717) is 12.6 Å². The van der Waals surface area contributed by atoms with E-state index < -0.39 is 0 Å². The van der Waals surface area contributed by atoms with Crippen LogP contribution in [0, 0.1) is 13.8 Å². The number of nitrogens with zero attached hydrogens (tertiary/aromatic N) is 1. The van der Waals surface area contributed by atoms with Crippen LogP contribution in [0.4, 0.5) is 0 Å². The van der Waals surface area contributed by atoms with E-state index in [2.05, 4.69) is 55.5 Å². The van der Waals surface area contributed by atoms with Crippen LogP contribution in [0.1, 0.15) is 25.0 Å². The average Bonchev–Trinajstić information content (AvgIpc) is 2.35. The van der Waals surface area contributed by atoms with Crippen LogP contribution in [0.15, 0.2) is 23.2 Å². The van der Waals surface area contributed by atoms with Gasteiger partial charge in [0.2, 0.25) is 0 Å². The highest BCUT2D eigenvalue weighted by molar-refractivity contribution is 14.0. The topological polar surface area (TPSA) is 45.7 Å². The standard InChI is InChI=1S/C15H25N3O.HI/c1-11(2)18-15(16-5)17-9-10-19-14-12(3)7-6-8-13(14)4;/h6-8,11H,9-10H2,1-5H3,(H2,16,17,18);1H. The molecule has 0 atom stereocenters. The van der Waals surface area contributed by atoms with E-state index in [1.807, 2.05) is 6.07 Å². The van der Waals surface area contributed by atoms with Gasteiger partial charge in [0, 0.05) is 13.1 Å². The van der Waals surface area contributed by atoms with E-state index in [0.717, 1.165) is 18.3 Å². The quantitative estimate of drug-likeness (QED) is 0.351. The Balaban J connectivity index is 0.00000361. The van der Waals surface area contributed by atoms with Crippen LogP contribution in [-0.4, -0.2) is 32.2 Å². The van der Waals surface area contributed by atoms with Gasteiger partial charge >= 0.3 is 0 Å². The van der Waals surface area contributed by atoms with Gasteiger partial charge in [0.1, 0.15) is 12.4 Å². The molecule has 0 fully saturated rings. The van der Waals surface area contributed by atoms with Gasteiger partial charge in [0.15, 0.2) is 5.96 Å². The lowest BCUT2D eigenvalue weighted by Crippen LogP contribution is -2.42. The number of hydrogen-bond donors (Lipinski definition) is 2. The van der Waals surface area contributed by atoms with Gasteiger partial charge in [0.25, 0.3) is 0 Å². The van der Waals surface area contributed by atoms with Gasteiger partial charge in [-0.25, -0.2) is 0 Å². The molecule has 5 heteroatoms. The molecule has 4 nitrogen and oxygen atoms in total. The molecule has 1 aromatic rings. The van der Waals surface area contributed by atoms with Gasteiger partial charge < -0.3 is 15.4 Å². The molecule has 2 N–H and O–H groups in total. The molecule has 1 rings (SSSR count). The normalized spacial score (nSPS) is 11.0. The first kappa shape index (κ1) is 19.0. The summed E-state index contributed by atoms with van der Waals surface area (Å²) < 4.78 is 5.82. The van der Waals surface area contributed by atoms with Crippen molar-refractivity contribution in [1.82, 2.24) is 10.6 Å². The second kappa shape index (κ2) is 9.85. The molecule has 0 amide bonds. The fourth-order valence-electron chi connectivity index (χ4n) is 1.82. The predicted octanol–water partition coefficient (Wildman–Crippen LogP) is 2.87. The Morgan fingerprint density at radius 3 is 2.35 bits per heavy atom. The Bertz CT molecular complexity index is 413.